The molecule has 0 rings (SSSR count). The van der Waals surface area contributed by atoms with E-state index in [1.54, 1.807) is 0 Å². The van der Waals surface area contributed by atoms with Crippen LogP contribution in [-0.2, 0) is 28.6 Å². The van der Waals surface area contributed by atoms with Crippen molar-refractivity contribution < 1.29 is 38.8 Å². The van der Waals surface area contributed by atoms with Crippen molar-refractivity contribution in [3.63, 3.8) is 0 Å². The van der Waals surface area contributed by atoms with Crippen molar-refractivity contribution in [2.75, 3.05) is 13.2 Å². The lowest BCUT2D eigenvalue weighted by Crippen LogP contribution is -2.29. The Morgan fingerprint density at radius 1 is 0.571 bits per heavy atom. The van der Waals surface area contributed by atoms with Crippen molar-refractivity contribution in [1.82, 2.24) is 0 Å². The normalized spacial score (nSPS) is 14.5. The summed E-state index contributed by atoms with van der Waals surface area (Å²) in [5.74, 6) is -0.723. The number of thiol groups is 2. The van der Waals surface area contributed by atoms with Gasteiger partial charge in [-0.1, -0.05) is 123 Å². The Labute approximate surface area is 310 Å². The molecule has 0 aliphatic heterocycles. The van der Waals surface area contributed by atoms with E-state index in [1.165, 1.54) is 32.1 Å². The average molecular weight is 735 g/mol. The van der Waals surface area contributed by atoms with E-state index >= 15 is 0 Å². The fourth-order valence-electron chi connectivity index (χ4n) is 6.01. The number of ether oxygens (including phenoxy) is 3. The number of hydrogen-bond donors (Lipinski definition) is 4. The van der Waals surface area contributed by atoms with Gasteiger partial charge in [-0.05, 0) is 51.4 Å². The molecule has 0 bridgehead atoms. The van der Waals surface area contributed by atoms with Crippen LogP contribution in [0.5, 0.6) is 0 Å². The van der Waals surface area contributed by atoms with E-state index in [2.05, 4.69) is 39.1 Å². The summed E-state index contributed by atoms with van der Waals surface area (Å²) in [7, 11) is 0. The first-order valence-electron chi connectivity index (χ1n) is 19.8. The second-order valence-corrected chi connectivity index (χ2v) is 15.4. The molecule has 0 spiro atoms. The van der Waals surface area contributed by atoms with Gasteiger partial charge in [0.2, 0.25) is 0 Å². The second kappa shape index (κ2) is 35.4. The number of unbranched alkanes of at least 4 members (excludes halogenated alkanes) is 15. The summed E-state index contributed by atoms with van der Waals surface area (Å²) in [6.45, 7) is 4.39. The van der Waals surface area contributed by atoms with Crippen molar-refractivity contribution in [1.29, 1.82) is 0 Å². The maximum absolute atomic E-state index is 12.4. The van der Waals surface area contributed by atoms with Crippen LogP contribution >= 0.6 is 25.3 Å². The van der Waals surface area contributed by atoms with Crippen LogP contribution in [0.1, 0.15) is 187 Å². The molecule has 0 aromatic heterocycles. The Morgan fingerprint density at radius 3 is 1.49 bits per heavy atom. The van der Waals surface area contributed by atoms with Crippen molar-refractivity contribution in [3.8, 4) is 0 Å². The Morgan fingerprint density at radius 2 is 0.980 bits per heavy atom. The molecule has 2 N–H and O–H groups in total. The molecule has 0 heterocycles. The molecule has 5 unspecified atom stereocenters. The minimum absolute atomic E-state index is 0.126. The summed E-state index contributed by atoms with van der Waals surface area (Å²) < 4.78 is 15.5. The molecule has 5 atom stereocenters. The van der Waals surface area contributed by atoms with Crippen molar-refractivity contribution in [3.05, 3.63) is 0 Å². The summed E-state index contributed by atoms with van der Waals surface area (Å²) in [6.07, 6.45) is 24.9. The molecular weight excluding hydrogens is 661 g/mol. The summed E-state index contributed by atoms with van der Waals surface area (Å²) in [5.41, 5.74) is 0. The predicted octanol–water partition coefficient (Wildman–Crippen LogP) is 9.51. The van der Waals surface area contributed by atoms with Gasteiger partial charge in [-0.2, -0.15) is 25.3 Å². The third-order valence-corrected chi connectivity index (χ3v) is 9.97. The standard InChI is InChI=1S/C39H74O8S2/c1-3-5-7-17-23-34(42)29-37(49)25-18-12-8-10-14-20-26-38(43)46-31-35(30-45-32-40)47-39(44)27-21-15-11-9-13-19-24-36(48)28-33(41)22-16-6-4-2/h32-37,41-42,48-49H,3-31H2,1-2H3. The number of rotatable bonds is 37. The first-order valence-corrected chi connectivity index (χ1v) is 20.9. The van der Waals surface area contributed by atoms with E-state index < -0.39 is 6.10 Å². The minimum atomic E-state index is -0.807. The molecule has 49 heavy (non-hydrogen) atoms. The molecule has 0 aromatic rings. The molecular formula is C39H74O8S2. The quantitative estimate of drug-likeness (QED) is 0.0164. The zero-order valence-electron chi connectivity index (χ0n) is 31.2. The maximum atomic E-state index is 12.4. The fraction of sp³-hybridized carbons (Fsp3) is 0.923. The molecule has 10 heteroatoms. The third-order valence-electron chi connectivity index (χ3n) is 9.04. The van der Waals surface area contributed by atoms with Gasteiger partial charge >= 0.3 is 11.9 Å². The van der Waals surface area contributed by atoms with E-state index in [-0.39, 0.29) is 54.3 Å². The molecule has 0 aliphatic carbocycles. The van der Waals surface area contributed by atoms with Gasteiger partial charge in [-0.25, -0.2) is 0 Å². The van der Waals surface area contributed by atoms with Gasteiger partial charge in [-0.3, -0.25) is 14.4 Å². The topological polar surface area (TPSA) is 119 Å². The van der Waals surface area contributed by atoms with Gasteiger partial charge in [0.05, 0.1) is 12.2 Å². The number of carbonyl (C=O) groups is 3. The molecule has 0 saturated heterocycles. The molecule has 290 valence electrons. The molecule has 0 aromatic carbocycles. The van der Waals surface area contributed by atoms with Crippen molar-refractivity contribution in [2.45, 2.75) is 216 Å². The molecule has 0 fully saturated rings. The zero-order valence-corrected chi connectivity index (χ0v) is 33.0. The van der Waals surface area contributed by atoms with Crippen LogP contribution in [-0.4, -0.2) is 70.6 Å². The molecule has 8 nitrogen and oxygen atoms in total. The van der Waals surface area contributed by atoms with Gasteiger partial charge in [-0.15, -0.1) is 0 Å². The second-order valence-electron chi connectivity index (χ2n) is 14.0. The lowest BCUT2D eigenvalue weighted by molar-refractivity contribution is -0.164. The van der Waals surface area contributed by atoms with E-state index in [9.17, 15) is 24.6 Å². The third kappa shape index (κ3) is 33.9. The van der Waals surface area contributed by atoms with Gasteiger partial charge in [0.15, 0.2) is 6.10 Å². The first kappa shape index (κ1) is 48.0. The first-order chi connectivity index (χ1) is 23.7. The van der Waals surface area contributed by atoms with Crippen LogP contribution in [0.25, 0.3) is 0 Å². The van der Waals surface area contributed by atoms with Gasteiger partial charge in [0, 0.05) is 23.3 Å². The highest BCUT2D eigenvalue weighted by Crippen LogP contribution is 2.20. The Bertz CT molecular complexity index is 771. The summed E-state index contributed by atoms with van der Waals surface area (Å²) in [6, 6.07) is 0. The lowest BCUT2D eigenvalue weighted by Gasteiger charge is -2.17. The number of esters is 2. The summed E-state index contributed by atoms with van der Waals surface area (Å²) >= 11 is 9.31. The fourth-order valence-corrected chi connectivity index (χ4v) is 6.87. The van der Waals surface area contributed by atoms with Crippen LogP contribution in [0, 0.1) is 0 Å². The van der Waals surface area contributed by atoms with E-state index in [1.807, 2.05) is 0 Å². The average Bonchev–Trinajstić information content (AvgIpc) is 3.06. The number of aliphatic hydroxyl groups excluding tert-OH is 2. The van der Waals surface area contributed by atoms with Crippen LogP contribution in [0.15, 0.2) is 0 Å². The largest absolute Gasteiger partial charge is 0.464 e. The van der Waals surface area contributed by atoms with Crippen LogP contribution < -0.4 is 0 Å². The van der Waals surface area contributed by atoms with Crippen molar-refractivity contribution in [2.24, 2.45) is 0 Å². The van der Waals surface area contributed by atoms with Gasteiger partial charge in [0.25, 0.3) is 6.47 Å². The highest BCUT2D eigenvalue weighted by atomic mass is 32.1. The number of hydrogen-bond acceptors (Lipinski definition) is 10. The highest BCUT2D eigenvalue weighted by Gasteiger charge is 2.18. The molecule has 0 radical (unpaired) electrons. The molecule has 0 aliphatic rings. The highest BCUT2D eigenvalue weighted by molar-refractivity contribution is 7.81. The SMILES string of the molecule is CCCCCCC(O)CC(S)CCCCCCCCC(=O)OCC(COC=O)OC(=O)CCCCCCCCC(S)CC(O)CCCCC. The smallest absolute Gasteiger partial charge is 0.306 e. The van der Waals surface area contributed by atoms with Crippen molar-refractivity contribution >= 4 is 43.7 Å². The molecule has 0 amide bonds. The monoisotopic (exact) mass is 734 g/mol. The lowest BCUT2D eigenvalue weighted by atomic mass is 10.0. The van der Waals surface area contributed by atoms with Crippen LogP contribution in [0.4, 0.5) is 0 Å². The zero-order chi connectivity index (χ0) is 36.4. The number of carbonyl (C=O) groups excluding carboxylic acids is 3. The molecule has 0 saturated carbocycles. The van der Waals surface area contributed by atoms with E-state index in [4.69, 9.17) is 14.2 Å². The van der Waals surface area contributed by atoms with Gasteiger partial charge < -0.3 is 24.4 Å². The summed E-state index contributed by atoms with van der Waals surface area (Å²) in [4.78, 5) is 35.3. The Balaban J connectivity index is 3.90. The van der Waals surface area contributed by atoms with Gasteiger partial charge in [0.1, 0.15) is 13.2 Å². The van der Waals surface area contributed by atoms with E-state index in [0.717, 1.165) is 128 Å². The van der Waals surface area contributed by atoms with E-state index in [0.29, 0.717) is 12.9 Å². The number of aliphatic hydroxyl groups is 2. The minimum Gasteiger partial charge on any atom is -0.464 e. The summed E-state index contributed by atoms with van der Waals surface area (Å²) in [5, 5.41) is 20.8. The van der Waals surface area contributed by atoms with Crippen LogP contribution in [0.3, 0.4) is 0 Å². The maximum Gasteiger partial charge on any atom is 0.306 e. The Kier molecular flexibility index (Phi) is 34.7. The van der Waals surface area contributed by atoms with Crippen LogP contribution in [0.2, 0.25) is 0 Å². The Hall–Kier alpha value is -0.970. The predicted molar refractivity (Wildman–Crippen MR) is 206 cm³/mol.